The van der Waals surface area contributed by atoms with E-state index in [1.54, 1.807) is 4.68 Å². The molecule has 144 valence electrons. The Balaban J connectivity index is 1.28. The number of nitrogens with zero attached hydrogens (tertiary/aromatic N) is 5. The number of fused-ring (bicyclic) bond motifs is 1. The monoisotopic (exact) mass is 375 g/mol. The second-order valence-corrected chi connectivity index (χ2v) is 8.19. The van der Waals surface area contributed by atoms with Gasteiger partial charge in [-0.2, -0.15) is 5.10 Å². The van der Waals surface area contributed by atoms with E-state index < -0.39 is 0 Å². The number of pyridine rings is 2. The topological polar surface area (TPSA) is 63.9 Å². The van der Waals surface area contributed by atoms with Crippen LogP contribution in [0.5, 0.6) is 0 Å². The molecule has 1 aliphatic heterocycles. The fraction of sp³-hybridized carbons (Fsp3) is 0.455. The summed E-state index contributed by atoms with van der Waals surface area (Å²) in [6.45, 7) is 3.45. The number of rotatable bonds is 3. The highest BCUT2D eigenvalue weighted by atomic mass is 16.2. The summed E-state index contributed by atoms with van der Waals surface area (Å²) < 4.78 is 1.75. The van der Waals surface area contributed by atoms with Crippen molar-refractivity contribution in [1.82, 2.24) is 24.6 Å². The van der Waals surface area contributed by atoms with Crippen molar-refractivity contribution in [3.63, 3.8) is 0 Å². The molecule has 28 heavy (non-hydrogen) atoms. The van der Waals surface area contributed by atoms with Gasteiger partial charge in [-0.05, 0) is 68.4 Å². The van der Waals surface area contributed by atoms with E-state index in [9.17, 15) is 4.79 Å². The van der Waals surface area contributed by atoms with Gasteiger partial charge < -0.3 is 4.90 Å². The highest BCUT2D eigenvalue weighted by molar-refractivity contribution is 5.92. The number of hydrogen-bond acceptors (Lipinski definition) is 4. The van der Waals surface area contributed by atoms with Gasteiger partial charge in [-0.25, -0.2) is 9.97 Å². The minimum Gasteiger partial charge on any atom is -0.337 e. The van der Waals surface area contributed by atoms with Crippen LogP contribution in [-0.4, -0.2) is 43.6 Å². The summed E-state index contributed by atoms with van der Waals surface area (Å²) in [6, 6.07) is 8.41. The first-order valence-corrected chi connectivity index (χ1v) is 10.1. The van der Waals surface area contributed by atoms with Gasteiger partial charge in [-0.15, -0.1) is 0 Å². The molecule has 0 aromatic carbocycles. The summed E-state index contributed by atoms with van der Waals surface area (Å²) in [5.74, 6) is 1.12. The molecule has 1 amide bonds. The van der Waals surface area contributed by atoms with Crippen LogP contribution in [0.1, 0.15) is 65.0 Å². The Morgan fingerprint density at radius 1 is 1.07 bits per heavy atom. The summed E-state index contributed by atoms with van der Waals surface area (Å²) >= 11 is 0. The summed E-state index contributed by atoms with van der Waals surface area (Å²) in [4.78, 5) is 24.1. The molecule has 3 aromatic heterocycles. The highest BCUT2D eigenvalue weighted by Crippen LogP contribution is 2.40. The second kappa shape index (κ2) is 6.69. The lowest BCUT2D eigenvalue weighted by Crippen LogP contribution is -2.38. The molecule has 6 nitrogen and oxygen atoms in total. The molecule has 3 aromatic rings. The van der Waals surface area contributed by atoms with Crippen LogP contribution in [0.3, 0.4) is 0 Å². The van der Waals surface area contributed by atoms with Gasteiger partial charge in [0.25, 0.3) is 5.91 Å². The van der Waals surface area contributed by atoms with Crippen LogP contribution in [0.25, 0.3) is 11.0 Å². The lowest BCUT2D eigenvalue weighted by atomic mass is 9.92. The predicted octanol–water partition coefficient (Wildman–Crippen LogP) is 3.57. The lowest BCUT2D eigenvalue weighted by molar-refractivity contribution is 0.0705. The summed E-state index contributed by atoms with van der Waals surface area (Å²) in [5, 5.41) is 5.46. The molecule has 0 bridgehead atoms. The number of carbonyl (C=O) groups is 1. The molecule has 0 spiro atoms. The molecular weight excluding hydrogens is 350 g/mol. The van der Waals surface area contributed by atoms with Crippen molar-refractivity contribution in [2.75, 3.05) is 13.1 Å². The van der Waals surface area contributed by atoms with Crippen molar-refractivity contribution in [2.24, 2.45) is 7.05 Å². The quantitative estimate of drug-likeness (QED) is 0.702. The van der Waals surface area contributed by atoms with E-state index in [2.05, 4.69) is 28.3 Å². The number of piperidine rings is 1. The molecule has 1 saturated heterocycles. The van der Waals surface area contributed by atoms with Gasteiger partial charge >= 0.3 is 0 Å². The number of hydrogen-bond donors (Lipinski definition) is 0. The van der Waals surface area contributed by atoms with Gasteiger partial charge in [0.05, 0.1) is 0 Å². The zero-order valence-electron chi connectivity index (χ0n) is 16.4. The maximum atomic E-state index is 12.7. The van der Waals surface area contributed by atoms with Crippen LogP contribution in [-0.2, 0) is 7.05 Å². The minimum atomic E-state index is 0.0305. The molecule has 0 unspecified atom stereocenters. The summed E-state index contributed by atoms with van der Waals surface area (Å²) in [5.41, 5.74) is 4.82. The van der Waals surface area contributed by atoms with Crippen molar-refractivity contribution in [3.8, 4) is 0 Å². The number of aryl methyl sites for hydroxylation is 2. The number of carbonyl (C=O) groups excluding carboxylic acids is 1. The van der Waals surface area contributed by atoms with Gasteiger partial charge in [0, 0.05) is 49.0 Å². The van der Waals surface area contributed by atoms with E-state index >= 15 is 0 Å². The van der Waals surface area contributed by atoms with Crippen LogP contribution < -0.4 is 0 Å². The largest absolute Gasteiger partial charge is 0.337 e. The zero-order valence-corrected chi connectivity index (χ0v) is 16.4. The first-order chi connectivity index (χ1) is 13.6. The van der Waals surface area contributed by atoms with Crippen molar-refractivity contribution >= 4 is 16.9 Å². The Morgan fingerprint density at radius 2 is 1.86 bits per heavy atom. The third-order valence-corrected chi connectivity index (χ3v) is 6.17. The summed E-state index contributed by atoms with van der Waals surface area (Å²) in [6.07, 6.45) is 6.42. The van der Waals surface area contributed by atoms with E-state index in [0.29, 0.717) is 17.5 Å². The molecule has 6 heteroatoms. The normalized spacial score (nSPS) is 18.0. The van der Waals surface area contributed by atoms with E-state index in [0.717, 1.165) is 48.4 Å². The van der Waals surface area contributed by atoms with Crippen molar-refractivity contribution in [3.05, 3.63) is 53.1 Å². The maximum absolute atomic E-state index is 12.7. The van der Waals surface area contributed by atoms with Gasteiger partial charge in [-0.3, -0.25) is 9.48 Å². The Kier molecular flexibility index (Phi) is 4.14. The molecule has 0 radical (unpaired) electrons. The second-order valence-electron chi connectivity index (χ2n) is 8.19. The minimum absolute atomic E-state index is 0.0305. The average Bonchev–Trinajstić information content (AvgIpc) is 3.52. The smallest absolute Gasteiger partial charge is 0.274 e. The van der Waals surface area contributed by atoms with Gasteiger partial charge in [0.1, 0.15) is 0 Å². The fourth-order valence-electron chi connectivity index (χ4n) is 4.12. The molecule has 2 aliphatic rings. The standard InChI is InChI=1S/C22H25N5O/c1-14-11-20(25-26(14)2)22(28)27-9-7-16(8-10-27)19-6-5-17-12-18(15-3-4-15)13-23-21(17)24-19/h5-6,11-13,15-16H,3-4,7-10H2,1-2H3. The van der Waals surface area contributed by atoms with Crippen LogP contribution in [0, 0.1) is 6.92 Å². The third kappa shape index (κ3) is 3.17. The lowest BCUT2D eigenvalue weighted by Gasteiger charge is -2.31. The molecule has 0 atom stereocenters. The van der Waals surface area contributed by atoms with Crippen molar-refractivity contribution < 1.29 is 4.79 Å². The molecule has 1 aliphatic carbocycles. The van der Waals surface area contributed by atoms with Gasteiger partial charge in [-0.1, -0.05) is 0 Å². The van der Waals surface area contributed by atoms with E-state index in [1.165, 1.54) is 18.4 Å². The van der Waals surface area contributed by atoms with Crippen molar-refractivity contribution in [2.45, 2.75) is 44.4 Å². The van der Waals surface area contributed by atoms with E-state index in [-0.39, 0.29) is 5.91 Å². The number of amides is 1. The van der Waals surface area contributed by atoms with Crippen molar-refractivity contribution in [1.29, 1.82) is 0 Å². The van der Waals surface area contributed by atoms with Crippen LogP contribution in [0.4, 0.5) is 0 Å². The zero-order chi connectivity index (χ0) is 19.3. The third-order valence-electron chi connectivity index (χ3n) is 6.17. The first kappa shape index (κ1) is 17.3. The number of aromatic nitrogens is 4. The molecule has 4 heterocycles. The Hall–Kier alpha value is -2.76. The molecule has 2 fully saturated rings. The predicted molar refractivity (Wildman–Crippen MR) is 107 cm³/mol. The molecule has 5 rings (SSSR count). The Bertz CT molecular complexity index is 1020. The van der Waals surface area contributed by atoms with Gasteiger partial charge in [0.15, 0.2) is 11.3 Å². The van der Waals surface area contributed by atoms with Crippen LogP contribution in [0.15, 0.2) is 30.5 Å². The number of likely N-dealkylation sites (tertiary alicyclic amines) is 1. The molecule has 0 N–H and O–H groups in total. The van der Waals surface area contributed by atoms with Crippen LogP contribution in [0.2, 0.25) is 0 Å². The fourth-order valence-corrected chi connectivity index (χ4v) is 4.12. The molecular formula is C22H25N5O. The van der Waals surface area contributed by atoms with Gasteiger partial charge in [0.2, 0.25) is 0 Å². The maximum Gasteiger partial charge on any atom is 0.274 e. The Labute approximate surface area is 164 Å². The molecule has 1 saturated carbocycles. The Morgan fingerprint density at radius 3 is 2.54 bits per heavy atom. The van der Waals surface area contributed by atoms with E-state index in [1.807, 2.05) is 31.1 Å². The summed E-state index contributed by atoms with van der Waals surface area (Å²) in [7, 11) is 1.87. The SMILES string of the molecule is Cc1cc(C(=O)N2CCC(c3ccc4cc(C5CC5)cnc4n3)CC2)nn1C. The highest BCUT2D eigenvalue weighted by Gasteiger charge is 2.27. The van der Waals surface area contributed by atoms with Crippen LogP contribution >= 0.6 is 0 Å². The average molecular weight is 375 g/mol. The van der Waals surface area contributed by atoms with E-state index in [4.69, 9.17) is 4.98 Å². The first-order valence-electron chi connectivity index (χ1n) is 10.1.